The monoisotopic (exact) mass is 285 g/mol. The van der Waals surface area contributed by atoms with Crippen LogP contribution in [0.2, 0.25) is 5.02 Å². The van der Waals surface area contributed by atoms with Gasteiger partial charge in [-0.2, -0.15) is 0 Å². The van der Waals surface area contributed by atoms with Crippen LogP contribution >= 0.6 is 11.6 Å². The smallest absolute Gasteiger partial charge is 0.221 e. The van der Waals surface area contributed by atoms with E-state index in [4.69, 9.17) is 11.6 Å². The molecule has 0 spiro atoms. The van der Waals surface area contributed by atoms with Crippen LogP contribution in [0, 0.1) is 6.92 Å². The molecule has 2 aromatic carbocycles. The predicted octanol–water partition coefficient (Wildman–Crippen LogP) is 4.78. The third-order valence-electron chi connectivity index (χ3n) is 2.87. The van der Waals surface area contributed by atoms with Crippen LogP contribution in [0.3, 0.4) is 0 Å². The molecule has 0 fully saturated rings. The second kappa shape index (κ2) is 6.40. The summed E-state index contributed by atoms with van der Waals surface area (Å²) in [7, 11) is 0. The van der Waals surface area contributed by atoms with Crippen molar-refractivity contribution in [2.24, 2.45) is 0 Å². The Bertz CT molecular complexity index is 662. The number of aryl methyl sites for hydroxylation is 1. The van der Waals surface area contributed by atoms with Crippen LogP contribution in [0.25, 0.3) is 12.2 Å². The molecule has 1 amide bonds. The fraction of sp³-hybridized carbons (Fsp3) is 0.118. The average Bonchev–Trinajstić information content (AvgIpc) is 2.39. The summed E-state index contributed by atoms with van der Waals surface area (Å²) in [6.07, 6.45) is 3.89. The van der Waals surface area contributed by atoms with Crippen LogP contribution in [0.1, 0.15) is 23.6 Å². The molecule has 0 atom stereocenters. The first-order valence-electron chi connectivity index (χ1n) is 6.37. The zero-order valence-electron chi connectivity index (χ0n) is 11.5. The van der Waals surface area contributed by atoms with Crippen molar-refractivity contribution in [3.8, 4) is 0 Å². The summed E-state index contributed by atoms with van der Waals surface area (Å²) in [5.74, 6) is -0.0806. The molecule has 0 heterocycles. The molecule has 0 aliphatic rings. The molecule has 1 N–H and O–H groups in total. The van der Waals surface area contributed by atoms with Crippen molar-refractivity contribution in [3.05, 3.63) is 64.2 Å². The summed E-state index contributed by atoms with van der Waals surface area (Å²) < 4.78 is 0. The lowest BCUT2D eigenvalue weighted by Crippen LogP contribution is -2.07. The second-order valence-electron chi connectivity index (χ2n) is 4.63. The first-order valence-corrected chi connectivity index (χ1v) is 6.75. The first kappa shape index (κ1) is 14.4. The van der Waals surface area contributed by atoms with Crippen molar-refractivity contribution >= 4 is 35.3 Å². The highest BCUT2D eigenvalue weighted by atomic mass is 35.5. The van der Waals surface area contributed by atoms with Crippen LogP contribution in [0.5, 0.6) is 0 Å². The summed E-state index contributed by atoms with van der Waals surface area (Å²) in [6.45, 7) is 3.50. The van der Waals surface area contributed by atoms with Gasteiger partial charge in [-0.05, 0) is 35.7 Å². The van der Waals surface area contributed by atoms with E-state index in [0.29, 0.717) is 5.02 Å². The number of hydrogen-bond acceptors (Lipinski definition) is 1. The van der Waals surface area contributed by atoms with E-state index in [1.165, 1.54) is 6.92 Å². The number of benzene rings is 2. The van der Waals surface area contributed by atoms with E-state index in [1.807, 2.05) is 61.5 Å². The van der Waals surface area contributed by atoms with E-state index in [2.05, 4.69) is 5.32 Å². The topological polar surface area (TPSA) is 29.1 Å². The van der Waals surface area contributed by atoms with Crippen LogP contribution < -0.4 is 5.32 Å². The molecular weight excluding hydrogens is 270 g/mol. The van der Waals surface area contributed by atoms with Crippen molar-refractivity contribution in [1.82, 2.24) is 0 Å². The van der Waals surface area contributed by atoms with Gasteiger partial charge >= 0.3 is 0 Å². The third-order valence-corrected chi connectivity index (χ3v) is 3.21. The zero-order chi connectivity index (χ0) is 14.5. The number of anilines is 1. The number of rotatable bonds is 3. The van der Waals surface area contributed by atoms with Crippen molar-refractivity contribution in [3.63, 3.8) is 0 Å². The van der Waals surface area contributed by atoms with Gasteiger partial charge < -0.3 is 5.32 Å². The highest BCUT2D eigenvalue weighted by molar-refractivity contribution is 6.32. The van der Waals surface area contributed by atoms with Gasteiger partial charge in [0.15, 0.2) is 0 Å². The molecule has 3 heteroatoms. The van der Waals surface area contributed by atoms with Gasteiger partial charge in [0.1, 0.15) is 0 Å². The summed E-state index contributed by atoms with van der Waals surface area (Å²) in [4.78, 5) is 11.2. The summed E-state index contributed by atoms with van der Waals surface area (Å²) in [5.41, 5.74) is 3.80. The molecule has 2 nitrogen and oxygen atoms in total. The Balaban J connectivity index is 2.33. The first-order chi connectivity index (χ1) is 9.56. The minimum atomic E-state index is -0.0806. The second-order valence-corrected chi connectivity index (χ2v) is 5.03. The Morgan fingerprint density at radius 2 is 1.80 bits per heavy atom. The van der Waals surface area contributed by atoms with E-state index < -0.39 is 0 Å². The van der Waals surface area contributed by atoms with Crippen molar-refractivity contribution in [1.29, 1.82) is 0 Å². The van der Waals surface area contributed by atoms with Gasteiger partial charge in [0.25, 0.3) is 0 Å². The van der Waals surface area contributed by atoms with E-state index in [9.17, 15) is 4.79 Å². The van der Waals surface area contributed by atoms with Crippen molar-refractivity contribution in [2.75, 3.05) is 5.32 Å². The van der Waals surface area contributed by atoms with Gasteiger partial charge in [-0.25, -0.2) is 0 Å². The number of hydrogen-bond donors (Lipinski definition) is 1. The lowest BCUT2D eigenvalue weighted by Gasteiger charge is -2.08. The van der Waals surface area contributed by atoms with E-state index in [0.717, 1.165) is 22.4 Å². The van der Waals surface area contributed by atoms with E-state index in [1.54, 1.807) is 0 Å². The van der Waals surface area contributed by atoms with Gasteiger partial charge in [-0.1, -0.05) is 54.1 Å². The molecule has 0 bridgehead atoms. The fourth-order valence-corrected chi connectivity index (χ4v) is 2.10. The molecule has 0 aliphatic heterocycles. The van der Waals surface area contributed by atoms with E-state index in [-0.39, 0.29) is 5.91 Å². The van der Waals surface area contributed by atoms with Crippen LogP contribution in [-0.4, -0.2) is 5.91 Å². The predicted molar refractivity (Wildman–Crippen MR) is 85.9 cm³/mol. The molecule has 102 valence electrons. The molecule has 2 rings (SSSR count). The SMILES string of the molecule is CC(=O)Nc1cc(C)ccc1/C=C/c1ccccc1Cl. The van der Waals surface area contributed by atoms with Crippen LogP contribution in [-0.2, 0) is 4.79 Å². The minimum absolute atomic E-state index is 0.0806. The van der Waals surface area contributed by atoms with Gasteiger partial charge in [0.2, 0.25) is 5.91 Å². The van der Waals surface area contributed by atoms with Gasteiger partial charge in [0, 0.05) is 17.6 Å². The molecule has 0 unspecified atom stereocenters. The third kappa shape index (κ3) is 3.72. The zero-order valence-corrected chi connectivity index (χ0v) is 12.2. The highest BCUT2D eigenvalue weighted by Gasteiger charge is 2.02. The number of amides is 1. The molecule has 0 saturated carbocycles. The molecule has 0 radical (unpaired) electrons. The van der Waals surface area contributed by atoms with Crippen LogP contribution in [0.4, 0.5) is 5.69 Å². The van der Waals surface area contributed by atoms with Crippen molar-refractivity contribution in [2.45, 2.75) is 13.8 Å². The molecule has 0 aliphatic carbocycles. The minimum Gasteiger partial charge on any atom is -0.326 e. The lowest BCUT2D eigenvalue weighted by molar-refractivity contribution is -0.114. The van der Waals surface area contributed by atoms with Crippen molar-refractivity contribution < 1.29 is 4.79 Å². The largest absolute Gasteiger partial charge is 0.326 e. The number of halogens is 1. The molecule has 0 aromatic heterocycles. The normalized spacial score (nSPS) is 10.8. The Labute approximate surface area is 124 Å². The van der Waals surface area contributed by atoms with Gasteiger partial charge in [0.05, 0.1) is 0 Å². The number of nitrogens with one attached hydrogen (secondary N) is 1. The van der Waals surface area contributed by atoms with E-state index >= 15 is 0 Å². The van der Waals surface area contributed by atoms with Crippen LogP contribution in [0.15, 0.2) is 42.5 Å². The Hall–Kier alpha value is -2.06. The molecule has 0 saturated heterocycles. The summed E-state index contributed by atoms with van der Waals surface area (Å²) in [5, 5.41) is 3.55. The maximum atomic E-state index is 11.2. The Morgan fingerprint density at radius 3 is 2.50 bits per heavy atom. The van der Waals surface area contributed by atoms with Gasteiger partial charge in [-0.3, -0.25) is 4.79 Å². The lowest BCUT2D eigenvalue weighted by atomic mass is 10.1. The highest BCUT2D eigenvalue weighted by Crippen LogP contribution is 2.22. The number of carbonyl (C=O) groups excluding carboxylic acids is 1. The molecule has 20 heavy (non-hydrogen) atoms. The molecule has 2 aromatic rings. The standard InChI is InChI=1S/C17H16ClNO/c1-12-7-8-15(17(11-12)19-13(2)20)10-9-14-5-3-4-6-16(14)18/h3-11H,1-2H3,(H,19,20)/b10-9+. The molecular formula is C17H16ClNO. The maximum absolute atomic E-state index is 11.2. The Morgan fingerprint density at radius 1 is 1.10 bits per heavy atom. The maximum Gasteiger partial charge on any atom is 0.221 e. The number of carbonyl (C=O) groups is 1. The summed E-state index contributed by atoms with van der Waals surface area (Å²) >= 11 is 6.12. The Kier molecular flexibility index (Phi) is 4.59. The fourth-order valence-electron chi connectivity index (χ4n) is 1.90. The average molecular weight is 286 g/mol. The summed E-state index contributed by atoms with van der Waals surface area (Å²) in [6, 6.07) is 13.6. The quantitative estimate of drug-likeness (QED) is 0.808. The van der Waals surface area contributed by atoms with Gasteiger partial charge in [-0.15, -0.1) is 0 Å².